The van der Waals surface area contributed by atoms with Crippen molar-refractivity contribution >= 4 is 5.78 Å². The average Bonchev–Trinajstić information content (AvgIpc) is 1.82. The Morgan fingerprint density at radius 3 is 2.78 bits per heavy atom. The topological polar surface area (TPSA) is 61.1 Å². The number of carbonyl (C=O) groups excluding carboxylic acids is 1. The molecule has 0 aliphatic heterocycles. The molecule has 0 heterocycles. The number of allylic oxidation sites excluding steroid dienone is 1. The summed E-state index contributed by atoms with van der Waals surface area (Å²) in [6, 6.07) is 1.66. The first-order valence-electron chi connectivity index (χ1n) is 2.43. The van der Waals surface area contributed by atoms with Crippen LogP contribution in [-0.4, -0.2) is 17.0 Å². The third kappa shape index (κ3) is 3.44. The molecule has 0 saturated carbocycles. The Kier molecular flexibility index (Phi) is 3.33. The van der Waals surface area contributed by atoms with Crippen LogP contribution in [0, 0.1) is 11.3 Å². The summed E-state index contributed by atoms with van der Waals surface area (Å²) >= 11 is 0. The van der Waals surface area contributed by atoms with Gasteiger partial charge in [-0.3, -0.25) is 4.79 Å². The number of hydrogen-bond acceptors (Lipinski definition) is 3. The number of nitriles is 1. The normalized spacial score (nSPS) is 13.0. The fourth-order valence-electron chi connectivity index (χ4n) is 0.270. The maximum atomic E-state index is 10.2. The number of nitrogens with zero attached hydrogens (tertiary/aromatic N) is 1. The van der Waals surface area contributed by atoms with Crippen LogP contribution in [0.5, 0.6) is 0 Å². The molecule has 0 fully saturated rings. The lowest BCUT2D eigenvalue weighted by Gasteiger charge is -1.94. The summed E-state index contributed by atoms with van der Waals surface area (Å²) in [5, 5.41) is 16.6. The molecule has 1 N–H and O–H groups in total. The van der Waals surface area contributed by atoms with Crippen molar-refractivity contribution in [1.82, 2.24) is 0 Å². The average molecular weight is 125 g/mol. The van der Waals surface area contributed by atoms with E-state index in [9.17, 15) is 4.79 Å². The SMILES string of the molecule is CC(=O)C(O)/C=C/C#N. The number of carbonyl (C=O) groups is 1. The van der Waals surface area contributed by atoms with Gasteiger partial charge in [0.25, 0.3) is 0 Å². The molecule has 0 aromatic carbocycles. The van der Waals surface area contributed by atoms with Crippen LogP contribution < -0.4 is 0 Å². The minimum absolute atomic E-state index is 0.360. The predicted octanol–water partition coefficient (Wildman–Crippen LogP) is 0.0161. The molecule has 0 aromatic rings. The van der Waals surface area contributed by atoms with E-state index in [0.29, 0.717) is 0 Å². The Balaban J connectivity index is 3.80. The Morgan fingerprint density at radius 1 is 1.89 bits per heavy atom. The lowest BCUT2D eigenvalue weighted by molar-refractivity contribution is -0.122. The van der Waals surface area contributed by atoms with Crippen molar-refractivity contribution in [3.05, 3.63) is 12.2 Å². The van der Waals surface area contributed by atoms with E-state index >= 15 is 0 Å². The molecule has 0 aliphatic rings. The van der Waals surface area contributed by atoms with Gasteiger partial charge in [-0.15, -0.1) is 0 Å². The lowest BCUT2D eigenvalue weighted by Crippen LogP contribution is -2.12. The van der Waals surface area contributed by atoms with E-state index < -0.39 is 6.10 Å². The minimum Gasteiger partial charge on any atom is -0.381 e. The molecular formula is C6H7NO2. The summed E-state index contributed by atoms with van der Waals surface area (Å²) in [5.41, 5.74) is 0. The van der Waals surface area contributed by atoms with Crippen LogP contribution in [0.2, 0.25) is 0 Å². The molecule has 3 heteroatoms. The van der Waals surface area contributed by atoms with Gasteiger partial charge in [-0.2, -0.15) is 5.26 Å². The fourth-order valence-corrected chi connectivity index (χ4v) is 0.270. The zero-order valence-corrected chi connectivity index (χ0v) is 5.03. The summed E-state index contributed by atoms with van der Waals surface area (Å²) in [4.78, 5) is 10.2. The molecule has 0 saturated heterocycles. The van der Waals surface area contributed by atoms with Crippen molar-refractivity contribution in [2.75, 3.05) is 0 Å². The van der Waals surface area contributed by atoms with Gasteiger partial charge in [-0.1, -0.05) is 0 Å². The van der Waals surface area contributed by atoms with E-state index in [1.807, 2.05) is 0 Å². The monoisotopic (exact) mass is 125 g/mol. The van der Waals surface area contributed by atoms with Crippen molar-refractivity contribution < 1.29 is 9.90 Å². The minimum atomic E-state index is -1.12. The van der Waals surface area contributed by atoms with Gasteiger partial charge in [0, 0.05) is 6.08 Å². The van der Waals surface area contributed by atoms with E-state index in [1.165, 1.54) is 6.92 Å². The molecule has 3 nitrogen and oxygen atoms in total. The van der Waals surface area contributed by atoms with Crippen LogP contribution in [0.4, 0.5) is 0 Å². The first-order valence-corrected chi connectivity index (χ1v) is 2.43. The number of ketones is 1. The highest BCUT2D eigenvalue weighted by Gasteiger charge is 2.02. The van der Waals surface area contributed by atoms with Crippen LogP contribution in [0.3, 0.4) is 0 Å². The zero-order valence-electron chi connectivity index (χ0n) is 5.03. The lowest BCUT2D eigenvalue weighted by atomic mass is 10.2. The molecule has 0 amide bonds. The van der Waals surface area contributed by atoms with E-state index in [-0.39, 0.29) is 5.78 Å². The number of rotatable bonds is 2. The second-order valence-corrected chi connectivity index (χ2v) is 1.54. The first kappa shape index (κ1) is 7.86. The summed E-state index contributed by atoms with van der Waals surface area (Å²) in [7, 11) is 0. The number of aliphatic hydroxyl groups is 1. The molecule has 0 bridgehead atoms. The largest absolute Gasteiger partial charge is 0.381 e. The standard InChI is InChI=1S/C6H7NO2/c1-5(8)6(9)3-2-4-7/h2-3,6,9H,1H3/b3-2+. The molecule has 0 aliphatic carbocycles. The molecule has 0 spiro atoms. The Morgan fingerprint density at radius 2 is 2.44 bits per heavy atom. The predicted molar refractivity (Wildman–Crippen MR) is 31.4 cm³/mol. The van der Waals surface area contributed by atoms with Crippen LogP contribution in [0.1, 0.15) is 6.92 Å². The molecule has 0 radical (unpaired) electrons. The van der Waals surface area contributed by atoms with E-state index in [4.69, 9.17) is 10.4 Å². The molecule has 1 atom stereocenters. The summed E-state index contributed by atoms with van der Waals surface area (Å²) in [5.74, 6) is -0.360. The van der Waals surface area contributed by atoms with Crippen LogP contribution >= 0.6 is 0 Å². The summed E-state index contributed by atoms with van der Waals surface area (Å²) in [6.45, 7) is 1.26. The van der Waals surface area contributed by atoms with Gasteiger partial charge in [0.05, 0.1) is 6.07 Å². The van der Waals surface area contributed by atoms with E-state index in [1.54, 1.807) is 6.07 Å². The van der Waals surface area contributed by atoms with E-state index in [0.717, 1.165) is 12.2 Å². The van der Waals surface area contributed by atoms with Crippen molar-refractivity contribution in [3.8, 4) is 6.07 Å². The maximum Gasteiger partial charge on any atom is 0.162 e. The van der Waals surface area contributed by atoms with Gasteiger partial charge in [-0.05, 0) is 13.0 Å². The Labute approximate surface area is 53.2 Å². The Hall–Kier alpha value is -1.14. The first-order chi connectivity index (χ1) is 4.18. The van der Waals surface area contributed by atoms with Crippen molar-refractivity contribution in [2.24, 2.45) is 0 Å². The maximum absolute atomic E-state index is 10.2. The summed E-state index contributed by atoms with van der Waals surface area (Å²) < 4.78 is 0. The summed E-state index contributed by atoms with van der Waals surface area (Å²) in [6.07, 6.45) is 1.10. The van der Waals surface area contributed by atoms with Crippen molar-refractivity contribution in [1.29, 1.82) is 5.26 Å². The van der Waals surface area contributed by atoms with Gasteiger partial charge in [0.15, 0.2) is 5.78 Å². The molecule has 48 valence electrons. The highest BCUT2D eigenvalue weighted by Crippen LogP contribution is 1.85. The Bertz CT molecular complexity index is 166. The van der Waals surface area contributed by atoms with Gasteiger partial charge in [0.1, 0.15) is 6.10 Å². The number of aliphatic hydroxyl groups excluding tert-OH is 1. The number of Topliss-reactive ketones (excluding diaryl/α,β-unsaturated/α-hetero) is 1. The third-order valence-electron chi connectivity index (χ3n) is 0.770. The molecule has 9 heavy (non-hydrogen) atoms. The second kappa shape index (κ2) is 3.81. The van der Waals surface area contributed by atoms with Gasteiger partial charge < -0.3 is 5.11 Å². The fraction of sp³-hybridized carbons (Fsp3) is 0.333. The van der Waals surface area contributed by atoms with Gasteiger partial charge in [0.2, 0.25) is 0 Å². The van der Waals surface area contributed by atoms with Crippen molar-refractivity contribution in [3.63, 3.8) is 0 Å². The molecule has 1 unspecified atom stereocenters. The van der Waals surface area contributed by atoms with E-state index in [2.05, 4.69) is 0 Å². The van der Waals surface area contributed by atoms with Crippen molar-refractivity contribution in [2.45, 2.75) is 13.0 Å². The molecular weight excluding hydrogens is 118 g/mol. The number of hydrogen-bond donors (Lipinski definition) is 1. The smallest absolute Gasteiger partial charge is 0.162 e. The molecule has 0 rings (SSSR count). The third-order valence-corrected chi connectivity index (χ3v) is 0.770. The quantitative estimate of drug-likeness (QED) is 0.529. The molecule has 0 aromatic heterocycles. The highest BCUT2D eigenvalue weighted by molar-refractivity contribution is 5.82. The van der Waals surface area contributed by atoms with Gasteiger partial charge >= 0.3 is 0 Å². The van der Waals surface area contributed by atoms with Crippen LogP contribution in [0.25, 0.3) is 0 Å². The highest BCUT2D eigenvalue weighted by atomic mass is 16.3. The van der Waals surface area contributed by atoms with Gasteiger partial charge in [-0.25, -0.2) is 0 Å². The second-order valence-electron chi connectivity index (χ2n) is 1.54. The zero-order chi connectivity index (χ0) is 7.28. The van der Waals surface area contributed by atoms with Crippen LogP contribution in [-0.2, 0) is 4.79 Å². The van der Waals surface area contributed by atoms with Crippen LogP contribution in [0.15, 0.2) is 12.2 Å².